The number of hydrogen-bond acceptors (Lipinski definition) is 3. The number of fused-ring (bicyclic) bond motifs is 1. The van der Waals surface area contributed by atoms with Crippen molar-refractivity contribution in [3.05, 3.63) is 64.0 Å². The number of halogens is 1. The lowest BCUT2D eigenvalue weighted by Crippen LogP contribution is -2.37. The Kier molecular flexibility index (Phi) is 5.09. The summed E-state index contributed by atoms with van der Waals surface area (Å²) in [7, 11) is 1.65. The van der Waals surface area contributed by atoms with Crippen LogP contribution in [0.15, 0.2) is 53.3 Å². The monoisotopic (exact) mass is 372 g/mol. The topological polar surface area (TPSA) is 85.1 Å². The van der Waals surface area contributed by atoms with Gasteiger partial charge in [0.05, 0.1) is 17.6 Å². The lowest BCUT2D eigenvalue weighted by molar-refractivity contribution is -0.124. The Morgan fingerprint density at radius 2 is 1.65 bits per heavy atom. The Morgan fingerprint density at radius 1 is 1.00 bits per heavy atom. The quantitative estimate of drug-likeness (QED) is 0.715. The number of benzene rings is 2. The molecule has 2 aromatic carbocycles. The van der Waals surface area contributed by atoms with E-state index in [0.717, 1.165) is 5.52 Å². The molecule has 1 aromatic heterocycles. The van der Waals surface area contributed by atoms with E-state index in [-0.39, 0.29) is 24.7 Å². The van der Waals surface area contributed by atoms with Crippen LogP contribution >= 0.6 is 11.6 Å². The summed E-state index contributed by atoms with van der Waals surface area (Å²) in [5.74, 6) is -0.791. The number of rotatable bonds is 5. The molecule has 8 heteroatoms. The number of amides is 2. The van der Waals surface area contributed by atoms with Crippen molar-refractivity contribution in [1.82, 2.24) is 14.5 Å². The van der Waals surface area contributed by atoms with Crippen LogP contribution in [-0.2, 0) is 23.2 Å². The number of carbonyl (C=O) groups is 2. The second kappa shape index (κ2) is 7.45. The number of hydrogen-bond donors (Lipinski definition) is 2. The normalized spacial score (nSPS) is 10.7. The third kappa shape index (κ3) is 3.78. The zero-order chi connectivity index (χ0) is 18.7. The molecule has 3 rings (SSSR count). The minimum Gasteiger partial charge on any atom is -0.345 e. The molecule has 3 aromatic rings. The second-order valence-corrected chi connectivity index (χ2v) is 6.18. The van der Waals surface area contributed by atoms with Crippen molar-refractivity contribution in [2.75, 3.05) is 11.9 Å². The Labute approximate surface area is 154 Å². The first kappa shape index (κ1) is 17.8. The molecule has 0 bridgehead atoms. The third-order valence-corrected chi connectivity index (χ3v) is 4.18. The van der Waals surface area contributed by atoms with Crippen LogP contribution in [0.4, 0.5) is 5.69 Å². The third-order valence-electron chi connectivity index (χ3n) is 3.93. The molecule has 1 heterocycles. The molecule has 0 saturated carbocycles. The van der Waals surface area contributed by atoms with Crippen LogP contribution in [0.3, 0.4) is 0 Å². The fourth-order valence-corrected chi connectivity index (χ4v) is 2.76. The first-order valence-corrected chi connectivity index (χ1v) is 8.30. The van der Waals surface area contributed by atoms with Gasteiger partial charge in [0.15, 0.2) is 0 Å². The van der Waals surface area contributed by atoms with Crippen LogP contribution in [0.5, 0.6) is 0 Å². The fraction of sp³-hybridized carbons (Fsp3) is 0.167. The largest absolute Gasteiger partial charge is 0.345 e. The molecule has 2 N–H and O–H groups in total. The maximum atomic E-state index is 12.3. The molecule has 0 fully saturated rings. The van der Waals surface area contributed by atoms with Crippen LogP contribution < -0.4 is 16.3 Å². The highest BCUT2D eigenvalue weighted by Crippen LogP contribution is 2.13. The lowest BCUT2D eigenvalue weighted by Gasteiger charge is -2.08. The van der Waals surface area contributed by atoms with Gasteiger partial charge in [0, 0.05) is 17.8 Å². The zero-order valence-electron chi connectivity index (χ0n) is 14.0. The molecule has 7 nitrogen and oxygen atoms in total. The van der Waals surface area contributed by atoms with Crippen molar-refractivity contribution >= 4 is 40.1 Å². The fourth-order valence-electron chi connectivity index (χ4n) is 2.63. The maximum Gasteiger partial charge on any atom is 0.329 e. The van der Waals surface area contributed by atoms with E-state index in [0.29, 0.717) is 16.2 Å². The van der Waals surface area contributed by atoms with Gasteiger partial charge in [-0.2, -0.15) is 0 Å². The van der Waals surface area contributed by atoms with Gasteiger partial charge in [-0.25, -0.2) is 4.79 Å². The van der Waals surface area contributed by atoms with E-state index in [2.05, 4.69) is 10.6 Å². The van der Waals surface area contributed by atoms with Gasteiger partial charge in [-0.3, -0.25) is 18.7 Å². The highest BCUT2D eigenvalue weighted by atomic mass is 35.5. The summed E-state index contributed by atoms with van der Waals surface area (Å²) < 4.78 is 2.86. The number of imidazole rings is 1. The van der Waals surface area contributed by atoms with Gasteiger partial charge in [0.1, 0.15) is 6.54 Å². The minimum absolute atomic E-state index is 0.158. The summed E-state index contributed by atoms with van der Waals surface area (Å²) in [4.78, 5) is 36.3. The molecule has 0 spiro atoms. The van der Waals surface area contributed by atoms with E-state index in [1.54, 1.807) is 43.4 Å². The molecule has 26 heavy (non-hydrogen) atoms. The van der Waals surface area contributed by atoms with E-state index in [1.807, 2.05) is 12.1 Å². The summed E-state index contributed by atoms with van der Waals surface area (Å²) in [6, 6.07) is 13.9. The summed E-state index contributed by atoms with van der Waals surface area (Å²) in [5, 5.41) is 5.73. The summed E-state index contributed by atoms with van der Waals surface area (Å²) in [5.41, 5.74) is 1.71. The molecule has 0 saturated heterocycles. The van der Waals surface area contributed by atoms with Gasteiger partial charge in [-0.05, 0) is 36.4 Å². The maximum absolute atomic E-state index is 12.3. The molecular weight excluding hydrogens is 356 g/mol. The Balaban J connectivity index is 1.61. The average Bonchev–Trinajstić information content (AvgIpc) is 2.87. The second-order valence-electron chi connectivity index (χ2n) is 5.75. The van der Waals surface area contributed by atoms with Gasteiger partial charge < -0.3 is 10.6 Å². The summed E-state index contributed by atoms with van der Waals surface area (Å²) >= 11 is 5.78. The number of carbonyl (C=O) groups excluding carboxylic acids is 2. The molecule has 2 amide bonds. The number of para-hydroxylation sites is 2. The highest BCUT2D eigenvalue weighted by molar-refractivity contribution is 6.30. The van der Waals surface area contributed by atoms with Crippen LogP contribution in [0.2, 0.25) is 5.02 Å². The number of anilines is 1. The lowest BCUT2D eigenvalue weighted by atomic mass is 10.3. The van der Waals surface area contributed by atoms with Gasteiger partial charge in [0.2, 0.25) is 11.8 Å². The van der Waals surface area contributed by atoms with E-state index < -0.39 is 5.91 Å². The van der Waals surface area contributed by atoms with Gasteiger partial charge in [0.25, 0.3) is 0 Å². The van der Waals surface area contributed by atoms with Crippen LogP contribution in [0.25, 0.3) is 11.0 Å². The average molecular weight is 373 g/mol. The first-order chi connectivity index (χ1) is 12.5. The van der Waals surface area contributed by atoms with E-state index in [4.69, 9.17) is 11.6 Å². The smallest absolute Gasteiger partial charge is 0.329 e. The van der Waals surface area contributed by atoms with Crippen molar-refractivity contribution in [2.24, 2.45) is 7.05 Å². The predicted molar refractivity (Wildman–Crippen MR) is 100 cm³/mol. The molecule has 0 aliphatic rings. The molecule has 0 aliphatic heterocycles. The Hall–Kier alpha value is -3.06. The summed E-state index contributed by atoms with van der Waals surface area (Å²) in [6.45, 7) is -0.352. The molecule has 134 valence electrons. The molecule has 0 radical (unpaired) electrons. The van der Waals surface area contributed by atoms with Crippen LogP contribution in [0, 0.1) is 0 Å². The SMILES string of the molecule is Cn1c(=O)n(CC(=O)NCC(=O)Nc2ccc(Cl)cc2)c2ccccc21. The van der Waals surface area contributed by atoms with Gasteiger partial charge in [-0.15, -0.1) is 0 Å². The molecule has 0 unspecified atom stereocenters. The van der Waals surface area contributed by atoms with Crippen molar-refractivity contribution in [2.45, 2.75) is 6.54 Å². The predicted octanol–water partition coefficient (Wildman–Crippen LogP) is 1.75. The number of aromatic nitrogens is 2. The molecule has 0 atom stereocenters. The number of nitrogens with zero attached hydrogens (tertiary/aromatic N) is 2. The van der Waals surface area contributed by atoms with Crippen molar-refractivity contribution in [3.8, 4) is 0 Å². The highest BCUT2D eigenvalue weighted by Gasteiger charge is 2.13. The standard InChI is InChI=1S/C18H17ClN4O3/c1-22-14-4-2-3-5-15(14)23(18(22)26)11-17(25)20-10-16(24)21-13-8-6-12(19)7-9-13/h2-9H,10-11H2,1H3,(H,20,25)(H,21,24). The molecular formula is C18H17ClN4O3. The minimum atomic E-state index is -0.422. The van der Waals surface area contributed by atoms with Crippen molar-refractivity contribution in [1.29, 1.82) is 0 Å². The van der Waals surface area contributed by atoms with Crippen LogP contribution in [0.1, 0.15) is 0 Å². The molecule has 0 aliphatic carbocycles. The zero-order valence-corrected chi connectivity index (χ0v) is 14.8. The Morgan fingerprint density at radius 3 is 2.35 bits per heavy atom. The van der Waals surface area contributed by atoms with Gasteiger partial charge in [-0.1, -0.05) is 23.7 Å². The number of aryl methyl sites for hydroxylation is 1. The van der Waals surface area contributed by atoms with Crippen molar-refractivity contribution < 1.29 is 9.59 Å². The van der Waals surface area contributed by atoms with Crippen LogP contribution in [-0.4, -0.2) is 27.5 Å². The summed E-state index contributed by atoms with van der Waals surface area (Å²) in [6.07, 6.45) is 0. The first-order valence-electron chi connectivity index (χ1n) is 7.92. The number of nitrogens with one attached hydrogen (secondary N) is 2. The van der Waals surface area contributed by atoms with E-state index in [9.17, 15) is 14.4 Å². The van der Waals surface area contributed by atoms with E-state index in [1.165, 1.54) is 9.13 Å². The Bertz CT molecular complexity index is 1020. The van der Waals surface area contributed by atoms with Gasteiger partial charge >= 0.3 is 5.69 Å². The van der Waals surface area contributed by atoms with Crippen molar-refractivity contribution in [3.63, 3.8) is 0 Å². The van der Waals surface area contributed by atoms with E-state index >= 15 is 0 Å².